The fourth-order valence-electron chi connectivity index (χ4n) is 1.78. The summed E-state index contributed by atoms with van der Waals surface area (Å²) in [5.41, 5.74) is 9.04. The van der Waals surface area contributed by atoms with Crippen LogP contribution in [0.25, 0.3) is 11.3 Å². The van der Waals surface area contributed by atoms with E-state index in [1.165, 1.54) is 10.2 Å². The Hall–Kier alpha value is -2.10. The molecule has 0 unspecified atom stereocenters. The van der Waals surface area contributed by atoms with E-state index in [1.807, 2.05) is 24.3 Å². The third kappa shape index (κ3) is 1.93. The second-order valence-corrected chi connectivity index (χ2v) is 3.94. The zero-order valence-electron chi connectivity index (χ0n) is 9.97. The van der Waals surface area contributed by atoms with Crippen LogP contribution in [0.3, 0.4) is 0 Å². The van der Waals surface area contributed by atoms with E-state index in [0.717, 1.165) is 18.3 Å². The number of rotatable bonds is 3. The van der Waals surface area contributed by atoms with Gasteiger partial charge in [0.2, 0.25) is 0 Å². The molecule has 0 bridgehead atoms. The summed E-state index contributed by atoms with van der Waals surface area (Å²) in [5, 5.41) is 4.27. The van der Waals surface area contributed by atoms with Crippen LogP contribution in [0, 0.1) is 0 Å². The smallest absolute Gasteiger partial charge is 0.156 e. The molecule has 2 aromatic rings. The molecule has 0 spiro atoms. The molecule has 0 fully saturated rings. The summed E-state index contributed by atoms with van der Waals surface area (Å²) in [5.74, 6) is 0.398. The minimum absolute atomic E-state index is 0.398. The fourth-order valence-corrected chi connectivity index (χ4v) is 1.78. The molecular weight excluding hydrogens is 214 g/mol. The first kappa shape index (κ1) is 11.4. The van der Waals surface area contributed by atoms with E-state index in [4.69, 9.17) is 5.73 Å². The largest absolute Gasteiger partial charge is 0.383 e. The van der Waals surface area contributed by atoms with Crippen molar-refractivity contribution in [3.63, 3.8) is 0 Å². The molecule has 0 amide bonds. The predicted octanol–water partition coefficient (Wildman–Crippen LogP) is 2.04. The molecule has 2 rings (SSSR count). The molecule has 0 atom stereocenters. The van der Waals surface area contributed by atoms with Gasteiger partial charge in [0.1, 0.15) is 11.5 Å². The normalized spacial score (nSPS) is 10.5. The number of aromatic nitrogens is 2. The van der Waals surface area contributed by atoms with Gasteiger partial charge in [0, 0.05) is 12.6 Å². The van der Waals surface area contributed by atoms with E-state index in [1.54, 1.807) is 7.05 Å². The van der Waals surface area contributed by atoms with Crippen molar-refractivity contribution in [3.05, 3.63) is 35.4 Å². The Balaban J connectivity index is 2.52. The van der Waals surface area contributed by atoms with Crippen LogP contribution in [0.2, 0.25) is 0 Å². The van der Waals surface area contributed by atoms with Gasteiger partial charge in [-0.25, -0.2) is 0 Å². The number of nitrogen functional groups attached to an aromatic ring is 1. The van der Waals surface area contributed by atoms with Crippen molar-refractivity contribution >= 4 is 12.1 Å². The lowest BCUT2D eigenvalue weighted by Gasteiger charge is -2.00. The van der Waals surface area contributed by atoms with Gasteiger partial charge in [-0.2, -0.15) is 5.10 Å². The Bertz CT molecular complexity index is 541. The lowest BCUT2D eigenvalue weighted by atomic mass is 10.1. The van der Waals surface area contributed by atoms with Crippen molar-refractivity contribution in [1.82, 2.24) is 9.78 Å². The molecular formula is C13H15N3O. The van der Waals surface area contributed by atoms with Crippen molar-refractivity contribution in [1.29, 1.82) is 0 Å². The van der Waals surface area contributed by atoms with Crippen molar-refractivity contribution in [2.75, 3.05) is 5.73 Å². The van der Waals surface area contributed by atoms with Crippen molar-refractivity contribution in [3.8, 4) is 11.3 Å². The second-order valence-electron chi connectivity index (χ2n) is 3.94. The van der Waals surface area contributed by atoms with Crippen molar-refractivity contribution in [2.24, 2.45) is 7.05 Å². The minimum Gasteiger partial charge on any atom is -0.383 e. The minimum atomic E-state index is 0.398. The van der Waals surface area contributed by atoms with E-state index in [-0.39, 0.29) is 0 Å². The van der Waals surface area contributed by atoms with Crippen LogP contribution >= 0.6 is 0 Å². The molecule has 0 saturated carbocycles. The highest BCUT2D eigenvalue weighted by atomic mass is 16.1. The number of benzene rings is 1. The van der Waals surface area contributed by atoms with Crippen LogP contribution in [0.4, 0.5) is 5.82 Å². The molecule has 0 aliphatic heterocycles. The van der Waals surface area contributed by atoms with E-state index in [2.05, 4.69) is 12.0 Å². The molecule has 4 heteroatoms. The van der Waals surface area contributed by atoms with Crippen LogP contribution in [0.5, 0.6) is 0 Å². The molecule has 0 radical (unpaired) electrons. The van der Waals surface area contributed by atoms with Crippen molar-refractivity contribution in [2.45, 2.75) is 13.3 Å². The van der Waals surface area contributed by atoms with Gasteiger partial charge < -0.3 is 5.73 Å². The third-order valence-corrected chi connectivity index (χ3v) is 2.88. The first-order valence-electron chi connectivity index (χ1n) is 5.54. The Morgan fingerprint density at radius 3 is 2.53 bits per heavy atom. The van der Waals surface area contributed by atoms with E-state index in [9.17, 15) is 4.79 Å². The summed E-state index contributed by atoms with van der Waals surface area (Å²) in [6.45, 7) is 2.10. The summed E-state index contributed by atoms with van der Waals surface area (Å²) in [7, 11) is 1.73. The first-order valence-corrected chi connectivity index (χ1v) is 5.54. The molecule has 1 heterocycles. The summed E-state index contributed by atoms with van der Waals surface area (Å²) < 4.78 is 1.52. The number of hydrogen-bond acceptors (Lipinski definition) is 3. The predicted molar refractivity (Wildman–Crippen MR) is 67.8 cm³/mol. The first-order chi connectivity index (χ1) is 8.17. The monoisotopic (exact) mass is 229 g/mol. The number of nitrogens with zero attached hydrogens (tertiary/aromatic N) is 2. The van der Waals surface area contributed by atoms with Crippen molar-refractivity contribution < 1.29 is 4.79 Å². The van der Waals surface area contributed by atoms with Gasteiger partial charge in [-0.3, -0.25) is 9.48 Å². The van der Waals surface area contributed by atoms with Gasteiger partial charge in [0.05, 0.1) is 5.56 Å². The summed E-state index contributed by atoms with van der Waals surface area (Å²) in [6, 6.07) is 8.00. The lowest BCUT2D eigenvalue weighted by Crippen LogP contribution is -1.98. The number of aryl methyl sites for hydroxylation is 2. The number of nitrogens with two attached hydrogens (primary N) is 1. The molecule has 17 heavy (non-hydrogen) atoms. The zero-order valence-corrected chi connectivity index (χ0v) is 9.97. The highest BCUT2D eigenvalue weighted by Gasteiger charge is 2.14. The Morgan fingerprint density at radius 2 is 2.00 bits per heavy atom. The number of aldehydes is 1. The van der Waals surface area contributed by atoms with Gasteiger partial charge in [0.15, 0.2) is 6.29 Å². The van der Waals surface area contributed by atoms with Gasteiger partial charge in [0.25, 0.3) is 0 Å². The summed E-state index contributed by atoms with van der Waals surface area (Å²) in [4.78, 5) is 11.0. The molecule has 0 aliphatic carbocycles. The molecule has 2 N–H and O–H groups in total. The van der Waals surface area contributed by atoms with Crippen LogP contribution in [-0.4, -0.2) is 16.1 Å². The van der Waals surface area contributed by atoms with Gasteiger partial charge in [-0.05, 0) is 12.0 Å². The number of hydrogen-bond donors (Lipinski definition) is 1. The average molecular weight is 229 g/mol. The van der Waals surface area contributed by atoms with Gasteiger partial charge >= 0.3 is 0 Å². The Labute approximate surface area is 100 Å². The highest BCUT2D eigenvalue weighted by Crippen LogP contribution is 2.25. The number of carbonyl (C=O) groups excluding carboxylic acids is 1. The summed E-state index contributed by atoms with van der Waals surface area (Å²) >= 11 is 0. The van der Waals surface area contributed by atoms with E-state index >= 15 is 0 Å². The third-order valence-electron chi connectivity index (χ3n) is 2.88. The molecule has 4 nitrogen and oxygen atoms in total. The molecule has 88 valence electrons. The lowest BCUT2D eigenvalue weighted by molar-refractivity contribution is 0.112. The summed E-state index contributed by atoms with van der Waals surface area (Å²) in [6.07, 6.45) is 1.75. The van der Waals surface area contributed by atoms with Crippen LogP contribution in [0.15, 0.2) is 24.3 Å². The number of carbonyl (C=O) groups is 1. The second kappa shape index (κ2) is 4.41. The topological polar surface area (TPSA) is 60.9 Å². The zero-order chi connectivity index (χ0) is 12.4. The Kier molecular flexibility index (Phi) is 2.95. The molecule has 0 aliphatic rings. The molecule has 1 aromatic heterocycles. The molecule has 1 aromatic carbocycles. The maximum Gasteiger partial charge on any atom is 0.156 e. The fraction of sp³-hybridized carbons (Fsp3) is 0.231. The maximum absolute atomic E-state index is 11.0. The maximum atomic E-state index is 11.0. The van der Waals surface area contributed by atoms with Crippen LogP contribution in [-0.2, 0) is 13.5 Å². The Morgan fingerprint density at radius 1 is 1.35 bits per heavy atom. The quantitative estimate of drug-likeness (QED) is 0.819. The van der Waals surface area contributed by atoms with Gasteiger partial charge in [-0.1, -0.05) is 31.2 Å². The average Bonchev–Trinajstić information content (AvgIpc) is 2.65. The SMILES string of the molecule is CCc1ccc(-c2nn(C)c(N)c2C=O)cc1. The molecule has 0 saturated heterocycles. The number of anilines is 1. The van der Waals surface area contributed by atoms with Gasteiger partial charge in [-0.15, -0.1) is 0 Å². The highest BCUT2D eigenvalue weighted by molar-refractivity contribution is 5.91. The van der Waals surface area contributed by atoms with E-state index < -0.39 is 0 Å². The van der Waals surface area contributed by atoms with Crippen LogP contribution < -0.4 is 5.73 Å². The standard InChI is InChI=1S/C13H15N3O/c1-3-9-4-6-10(7-5-9)12-11(8-17)13(14)16(2)15-12/h4-8H,3,14H2,1-2H3. The van der Waals surface area contributed by atoms with Crippen LogP contribution in [0.1, 0.15) is 22.8 Å². The van der Waals surface area contributed by atoms with E-state index in [0.29, 0.717) is 17.1 Å².